The van der Waals surface area contributed by atoms with Crippen LogP contribution in [0.2, 0.25) is 0 Å². The molecule has 1 fully saturated rings. The van der Waals surface area contributed by atoms with Crippen LogP contribution in [0.1, 0.15) is 43.2 Å². The molecule has 0 amide bonds. The molecule has 0 bridgehead atoms. The number of aryl methyl sites for hydroxylation is 1. The van der Waals surface area contributed by atoms with Crippen molar-refractivity contribution in [3.63, 3.8) is 0 Å². The molecule has 0 saturated heterocycles. The maximum atomic E-state index is 3.60. The summed E-state index contributed by atoms with van der Waals surface area (Å²) in [5, 5.41) is 3.60. The van der Waals surface area contributed by atoms with E-state index in [1.54, 1.807) is 5.56 Å². The Morgan fingerprint density at radius 1 is 1.13 bits per heavy atom. The first kappa shape index (κ1) is 9.26. The van der Waals surface area contributed by atoms with E-state index < -0.39 is 0 Å². The van der Waals surface area contributed by atoms with Gasteiger partial charge in [0.05, 0.1) is 0 Å². The predicted molar refractivity (Wildman–Crippen MR) is 64.4 cm³/mol. The highest BCUT2D eigenvalue weighted by atomic mass is 14.9. The van der Waals surface area contributed by atoms with Crippen LogP contribution in [-0.4, -0.2) is 6.54 Å². The number of hydrogen-bond donors (Lipinski definition) is 1. The fourth-order valence-corrected chi connectivity index (χ4v) is 3.53. The molecule has 1 aromatic carbocycles. The van der Waals surface area contributed by atoms with Gasteiger partial charge in [-0.3, -0.25) is 0 Å². The van der Waals surface area contributed by atoms with Gasteiger partial charge in [-0.2, -0.15) is 0 Å². The quantitative estimate of drug-likeness (QED) is 0.676. The van der Waals surface area contributed by atoms with Gasteiger partial charge in [0.1, 0.15) is 0 Å². The Morgan fingerprint density at radius 3 is 2.73 bits per heavy atom. The molecule has 1 saturated carbocycles. The summed E-state index contributed by atoms with van der Waals surface area (Å²) in [5.74, 6) is 0. The maximum Gasteiger partial charge on any atom is 0.0382 e. The summed E-state index contributed by atoms with van der Waals surface area (Å²) in [7, 11) is 0. The van der Waals surface area contributed by atoms with Crippen LogP contribution in [0, 0.1) is 6.92 Å². The van der Waals surface area contributed by atoms with E-state index in [9.17, 15) is 0 Å². The van der Waals surface area contributed by atoms with Gasteiger partial charge < -0.3 is 5.32 Å². The molecular weight excluding hydrogens is 182 g/mol. The summed E-state index contributed by atoms with van der Waals surface area (Å²) < 4.78 is 0. The first-order valence-corrected chi connectivity index (χ1v) is 6.16. The Labute approximate surface area is 91.9 Å². The predicted octanol–water partition coefficient (Wildman–Crippen LogP) is 3.62. The fraction of sp³-hybridized carbons (Fsp3) is 0.571. The van der Waals surface area contributed by atoms with Crippen molar-refractivity contribution in [3.05, 3.63) is 29.3 Å². The third-order valence-corrected chi connectivity index (χ3v) is 4.23. The second-order valence-corrected chi connectivity index (χ2v) is 5.19. The van der Waals surface area contributed by atoms with Crippen LogP contribution in [0.4, 0.5) is 5.69 Å². The second kappa shape index (κ2) is 3.26. The average molecular weight is 201 g/mol. The van der Waals surface area contributed by atoms with Gasteiger partial charge in [0.15, 0.2) is 0 Å². The lowest BCUT2D eigenvalue weighted by Gasteiger charge is -2.34. The second-order valence-electron chi connectivity index (χ2n) is 5.19. The van der Waals surface area contributed by atoms with Gasteiger partial charge in [-0.1, -0.05) is 31.4 Å². The van der Waals surface area contributed by atoms with E-state index in [4.69, 9.17) is 0 Å². The van der Waals surface area contributed by atoms with Crippen molar-refractivity contribution in [3.8, 4) is 0 Å². The summed E-state index contributed by atoms with van der Waals surface area (Å²) in [5.41, 5.74) is 5.00. The Morgan fingerprint density at radius 2 is 1.93 bits per heavy atom. The van der Waals surface area contributed by atoms with Crippen molar-refractivity contribution in [2.75, 3.05) is 11.9 Å². The lowest BCUT2D eigenvalue weighted by atomic mass is 9.69. The minimum atomic E-state index is 0.485. The molecule has 80 valence electrons. The van der Waals surface area contributed by atoms with E-state index in [-0.39, 0.29) is 0 Å². The molecule has 0 unspecified atom stereocenters. The van der Waals surface area contributed by atoms with Crippen LogP contribution in [-0.2, 0) is 5.41 Å². The first-order chi connectivity index (χ1) is 7.32. The van der Waals surface area contributed by atoms with Gasteiger partial charge in [-0.15, -0.1) is 0 Å². The lowest BCUT2D eigenvalue weighted by Crippen LogP contribution is -2.31. The zero-order chi connectivity index (χ0) is 10.3. The van der Waals surface area contributed by atoms with Gasteiger partial charge in [0.25, 0.3) is 0 Å². The van der Waals surface area contributed by atoms with E-state index in [0.717, 1.165) is 0 Å². The van der Waals surface area contributed by atoms with Crippen LogP contribution >= 0.6 is 0 Å². The first-order valence-electron chi connectivity index (χ1n) is 6.16. The summed E-state index contributed by atoms with van der Waals surface area (Å²) in [6.07, 6.45) is 7.03. The number of anilines is 1. The van der Waals surface area contributed by atoms with Gasteiger partial charge in [-0.25, -0.2) is 0 Å². The SMILES string of the molecule is Cc1cccc2c1C1(CCCCC1)CN2. The molecule has 0 atom stereocenters. The minimum absolute atomic E-state index is 0.485. The highest BCUT2D eigenvalue weighted by Crippen LogP contribution is 2.47. The van der Waals surface area contributed by atoms with Crippen LogP contribution in [0.15, 0.2) is 18.2 Å². The average Bonchev–Trinajstić information content (AvgIpc) is 2.60. The molecule has 1 N–H and O–H groups in total. The summed E-state index contributed by atoms with van der Waals surface area (Å²) >= 11 is 0. The molecular formula is C14H19N. The number of fused-ring (bicyclic) bond motifs is 2. The van der Waals surface area contributed by atoms with E-state index in [2.05, 4.69) is 30.4 Å². The van der Waals surface area contributed by atoms with Gasteiger partial charge in [0, 0.05) is 17.6 Å². The number of hydrogen-bond acceptors (Lipinski definition) is 1. The monoisotopic (exact) mass is 201 g/mol. The van der Waals surface area contributed by atoms with Crippen molar-refractivity contribution in [2.45, 2.75) is 44.4 Å². The molecule has 1 heteroatoms. The molecule has 1 aromatic rings. The molecule has 15 heavy (non-hydrogen) atoms. The molecule has 1 spiro atoms. The summed E-state index contributed by atoms with van der Waals surface area (Å²) in [6, 6.07) is 6.68. The molecule has 0 radical (unpaired) electrons. The molecule has 1 aliphatic carbocycles. The number of rotatable bonds is 0. The zero-order valence-electron chi connectivity index (χ0n) is 9.47. The standard InChI is InChI=1S/C14H19N/c1-11-6-5-7-12-13(11)14(10-15-12)8-3-2-4-9-14/h5-7,15H,2-4,8-10H2,1H3. The molecule has 1 nitrogen and oxygen atoms in total. The van der Waals surface area contributed by atoms with E-state index in [0.29, 0.717) is 5.41 Å². The molecule has 1 heterocycles. The van der Waals surface area contributed by atoms with E-state index in [1.807, 2.05) is 0 Å². The number of nitrogens with one attached hydrogen (secondary N) is 1. The Hall–Kier alpha value is -0.980. The summed E-state index contributed by atoms with van der Waals surface area (Å²) in [4.78, 5) is 0. The largest absolute Gasteiger partial charge is 0.384 e. The number of benzene rings is 1. The van der Waals surface area contributed by atoms with Crippen molar-refractivity contribution in [1.82, 2.24) is 0 Å². The minimum Gasteiger partial charge on any atom is -0.384 e. The van der Waals surface area contributed by atoms with Crippen molar-refractivity contribution < 1.29 is 0 Å². The van der Waals surface area contributed by atoms with Gasteiger partial charge >= 0.3 is 0 Å². The highest BCUT2D eigenvalue weighted by Gasteiger charge is 2.40. The van der Waals surface area contributed by atoms with Crippen LogP contribution in [0.25, 0.3) is 0 Å². The Kier molecular flexibility index (Phi) is 2.01. The third kappa shape index (κ3) is 1.29. The fourth-order valence-electron chi connectivity index (χ4n) is 3.53. The normalized spacial score (nSPS) is 22.5. The topological polar surface area (TPSA) is 12.0 Å². The molecule has 3 rings (SSSR count). The Balaban J connectivity index is 2.09. The van der Waals surface area contributed by atoms with E-state index in [1.165, 1.54) is 49.9 Å². The highest BCUT2D eigenvalue weighted by molar-refractivity contribution is 5.63. The third-order valence-electron chi connectivity index (χ3n) is 4.23. The van der Waals surface area contributed by atoms with Crippen LogP contribution in [0.3, 0.4) is 0 Å². The maximum absolute atomic E-state index is 3.60. The van der Waals surface area contributed by atoms with Gasteiger partial charge in [-0.05, 0) is 37.0 Å². The van der Waals surface area contributed by atoms with Crippen LogP contribution < -0.4 is 5.32 Å². The van der Waals surface area contributed by atoms with Crippen molar-refractivity contribution in [2.24, 2.45) is 0 Å². The molecule has 0 aromatic heterocycles. The summed E-state index contributed by atoms with van der Waals surface area (Å²) in [6.45, 7) is 3.44. The van der Waals surface area contributed by atoms with Gasteiger partial charge in [0.2, 0.25) is 0 Å². The van der Waals surface area contributed by atoms with Crippen molar-refractivity contribution in [1.29, 1.82) is 0 Å². The van der Waals surface area contributed by atoms with Crippen LogP contribution in [0.5, 0.6) is 0 Å². The molecule has 1 aliphatic heterocycles. The lowest BCUT2D eigenvalue weighted by molar-refractivity contribution is 0.318. The van der Waals surface area contributed by atoms with E-state index >= 15 is 0 Å². The molecule has 2 aliphatic rings. The zero-order valence-corrected chi connectivity index (χ0v) is 9.47. The smallest absolute Gasteiger partial charge is 0.0382 e. The van der Waals surface area contributed by atoms with Crippen molar-refractivity contribution >= 4 is 5.69 Å². The Bertz CT molecular complexity index is 369.